The number of methoxy groups -OCH3 is 1. The lowest BCUT2D eigenvalue weighted by Crippen LogP contribution is -2.15. The van der Waals surface area contributed by atoms with Gasteiger partial charge in [0.1, 0.15) is 0 Å². The lowest BCUT2D eigenvalue weighted by Gasteiger charge is -2.16. The summed E-state index contributed by atoms with van der Waals surface area (Å²) in [6.07, 6.45) is 4.69. The van der Waals surface area contributed by atoms with Crippen molar-refractivity contribution in [2.75, 3.05) is 7.11 Å². The molecule has 0 amide bonds. The summed E-state index contributed by atoms with van der Waals surface area (Å²) in [7, 11) is 1.72. The third-order valence-electron chi connectivity index (χ3n) is 2.95. The highest BCUT2D eigenvalue weighted by Gasteiger charge is 2.14. The van der Waals surface area contributed by atoms with Crippen LogP contribution in [0.25, 0.3) is 0 Å². The summed E-state index contributed by atoms with van der Waals surface area (Å²) < 4.78 is 5.45. The van der Waals surface area contributed by atoms with Crippen molar-refractivity contribution in [2.24, 2.45) is 10.9 Å². The number of rotatable bonds is 6. The fraction of sp³-hybridized carbons (Fsp3) is 0.533. The van der Waals surface area contributed by atoms with Gasteiger partial charge in [-0.15, -0.1) is 0 Å². The van der Waals surface area contributed by atoms with E-state index in [1.165, 1.54) is 12.8 Å². The van der Waals surface area contributed by atoms with Gasteiger partial charge in [-0.3, -0.25) is 0 Å². The van der Waals surface area contributed by atoms with E-state index >= 15 is 0 Å². The first-order chi connectivity index (χ1) is 8.31. The molecule has 94 valence electrons. The summed E-state index contributed by atoms with van der Waals surface area (Å²) in [5, 5.41) is 0. The maximum Gasteiger partial charge on any atom is 0.191 e. The quantitative estimate of drug-likeness (QED) is 0.520. The molecule has 0 N–H and O–H groups in total. The number of hydrogen-bond acceptors (Lipinski definition) is 2. The third kappa shape index (κ3) is 4.59. The highest BCUT2D eigenvalue weighted by Crippen LogP contribution is 2.19. The van der Waals surface area contributed by atoms with Crippen LogP contribution in [0.15, 0.2) is 35.3 Å². The Labute approximate surface area is 105 Å². The first kappa shape index (κ1) is 13.8. The van der Waals surface area contributed by atoms with Crippen LogP contribution in [0.3, 0.4) is 0 Å². The van der Waals surface area contributed by atoms with Crippen molar-refractivity contribution in [1.29, 1.82) is 0 Å². The minimum atomic E-state index is 0.445. The van der Waals surface area contributed by atoms with Gasteiger partial charge in [0.25, 0.3) is 0 Å². The average Bonchev–Trinajstić information content (AvgIpc) is 2.39. The van der Waals surface area contributed by atoms with E-state index in [4.69, 9.17) is 4.74 Å². The Bertz CT molecular complexity index is 332. The maximum atomic E-state index is 5.45. The van der Waals surface area contributed by atoms with Crippen LogP contribution in [-0.2, 0) is 4.74 Å². The van der Waals surface area contributed by atoms with Crippen LogP contribution in [0, 0.1) is 5.92 Å². The van der Waals surface area contributed by atoms with E-state index < -0.39 is 0 Å². The largest absolute Gasteiger partial charge is 0.484 e. The lowest BCUT2D eigenvalue weighted by molar-refractivity contribution is 0.353. The second-order valence-corrected chi connectivity index (χ2v) is 4.24. The molecule has 1 aromatic rings. The smallest absolute Gasteiger partial charge is 0.191 e. The molecule has 17 heavy (non-hydrogen) atoms. The van der Waals surface area contributed by atoms with E-state index in [0.717, 1.165) is 24.4 Å². The SMILES string of the molecule is CCCCC(CC)C(=Nc1ccccc1)OC. The van der Waals surface area contributed by atoms with Gasteiger partial charge in [-0.1, -0.05) is 44.9 Å². The molecule has 1 aromatic carbocycles. The zero-order valence-electron chi connectivity index (χ0n) is 11.1. The molecule has 0 radical (unpaired) electrons. The van der Waals surface area contributed by atoms with Crippen LogP contribution in [-0.4, -0.2) is 13.0 Å². The van der Waals surface area contributed by atoms with Crippen LogP contribution in [0.2, 0.25) is 0 Å². The van der Waals surface area contributed by atoms with Crippen LogP contribution >= 0.6 is 0 Å². The van der Waals surface area contributed by atoms with Crippen molar-refractivity contribution in [3.63, 3.8) is 0 Å². The second-order valence-electron chi connectivity index (χ2n) is 4.24. The van der Waals surface area contributed by atoms with Crippen LogP contribution in [0.5, 0.6) is 0 Å². The Balaban J connectivity index is 2.77. The molecule has 2 nitrogen and oxygen atoms in total. The summed E-state index contributed by atoms with van der Waals surface area (Å²) in [4.78, 5) is 4.60. The molecule has 0 heterocycles. The molecule has 0 saturated heterocycles. The summed E-state index contributed by atoms with van der Waals surface area (Å²) in [5.74, 6) is 1.31. The number of aliphatic imine (C=N–C) groups is 1. The predicted octanol–water partition coefficient (Wildman–Crippen LogP) is 4.58. The van der Waals surface area contributed by atoms with Crippen molar-refractivity contribution >= 4 is 11.6 Å². The topological polar surface area (TPSA) is 21.6 Å². The monoisotopic (exact) mass is 233 g/mol. The minimum absolute atomic E-state index is 0.445. The molecule has 0 aromatic heterocycles. The van der Waals surface area contributed by atoms with Crippen molar-refractivity contribution < 1.29 is 4.74 Å². The fourth-order valence-electron chi connectivity index (χ4n) is 1.89. The molecule has 1 unspecified atom stereocenters. The van der Waals surface area contributed by atoms with Gasteiger partial charge in [0, 0.05) is 5.92 Å². The molecule has 0 spiro atoms. The molecule has 0 aliphatic heterocycles. The van der Waals surface area contributed by atoms with E-state index in [2.05, 4.69) is 18.8 Å². The van der Waals surface area contributed by atoms with Gasteiger partial charge in [0.15, 0.2) is 5.90 Å². The van der Waals surface area contributed by atoms with Crippen molar-refractivity contribution in [2.45, 2.75) is 39.5 Å². The van der Waals surface area contributed by atoms with Gasteiger partial charge >= 0.3 is 0 Å². The molecule has 0 aliphatic rings. The van der Waals surface area contributed by atoms with Crippen LogP contribution in [0.4, 0.5) is 5.69 Å². The molecule has 0 fully saturated rings. The number of ether oxygens (including phenoxy) is 1. The van der Waals surface area contributed by atoms with Crippen molar-refractivity contribution in [1.82, 2.24) is 0 Å². The molecule has 2 heteroatoms. The highest BCUT2D eigenvalue weighted by molar-refractivity contribution is 5.81. The Morgan fingerprint density at radius 3 is 2.47 bits per heavy atom. The normalized spacial score (nSPS) is 13.5. The van der Waals surface area contributed by atoms with Crippen molar-refractivity contribution in [3.05, 3.63) is 30.3 Å². The maximum absolute atomic E-state index is 5.45. The molecule has 0 bridgehead atoms. The van der Waals surface area contributed by atoms with Gasteiger partial charge in [-0.25, -0.2) is 4.99 Å². The molecule has 1 atom stereocenters. The van der Waals surface area contributed by atoms with Gasteiger partial charge in [0.2, 0.25) is 0 Å². The minimum Gasteiger partial charge on any atom is -0.484 e. The van der Waals surface area contributed by atoms with E-state index in [1.54, 1.807) is 7.11 Å². The second kappa shape index (κ2) is 7.88. The first-order valence-electron chi connectivity index (χ1n) is 6.49. The number of para-hydroxylation sites is 1. The van der Waals surface area contributed by atoms with Gasteiger partial charge in [-0.05, 0) is 25.0 Å². The summed E-state index contributed by atoms with van der Waals surface area (Å²) in [6.45, 7) is 4.41. The Morgan fingerprint density at radius 1 is 1.24 bits per heavy atom. The van der Waals surface area contributed by atoms with Gasteiger partial charge in [-0.2, -0.15) is 0 Å². The highest BCUT2D eigenvalue weighted by atomic mass is 16.5. The van der Waals surface area contributed by atoms with Crippen LogP contribution < -0.4 is 0 Å². The molecule has 0 aliphatic carbocycles. The number of benzene rings is 1. The molecule has 0 saturated carbocycles. The Morgan fingerprint density at radius 2 is 1.94 bits per heavy atom. The lowest BCUT2D eigenvalue weighted by atomic mass is 9.99. The van der Waals surface area contributed by atoms with Crippen molar-refractivity contribution in [3.8, 4) is 0 Å². The molecular formula is C15H23NO. The third-order valence-corrected chi connectivity index (χ3v) is 2.95. The fourth-order valence-corrected chi connectivity index (χ4v) is 1.89. The molecule has 1 rings (SSSR count). The van der Waals surface area contributed by atoms with E-state index in [0.29, 0.717) is 5.92 Å². The van der Waals surface area contributed by atoms with Gasteiger partial charge in [0.05, 0.1) is 12.8 Å². The number of unbranched alkanes of at least 4 members (excludes halogenated alkanes) is 1. The summed E-state index contributed by atoms with van der Waals surface area (Å²) in [5.41, 5.74) is 0.972. The van der Waals surface area contributed by atoms with E-state index in [1.807, 2.05) is 30.3 Å². The summed E-state index contributed by atoms with van der Waals surface area (Å²) in [6, 6.07) is 10.0. The van der Waals surface area contributed by atoms with E-state index in [-0.39, 0.29) is 0 Å². The summed E-state index contributed by atoms with van der Waals surface area (Å²) >= 11 is 0. The Hall–Kier alpha value is -1.31. The van der Waals surface area contributed by atoms with E-state index in [9.17, 15) is 0 Å². The first-order valence-corrected chi connectivity index (χ1v) is 6.49. The Kier molecular flexibility index (Phi) is 6.38. The predicted molar refractivity (Wildman–Crippen MR) is 73.9 cm³/mol. The number of hydrogen-bond donors (Lipinski definition) is 0. The average molecular weight is 233 g/mol. The zero-order chi connectivity index (χ0) is 12.5. The zero-order valence-corrected chi connectivity index (χ0v) is 11.1. The van der Waals surface area contributed by atoms with Crippen LogP contribution in [0.1, 0.15) is 39.5 Å². The molecular weight excluding hydrogens is 210 g/mol. The van der Waals surface area contributed by atoms with Gasteiger partial charge < -0.3 is 4.74 Å². The standard InChI is InChI=1S/C15H23NO/c1-4-6-10-13(5-2)15(17-3)16-14-11-8-7-9-12-14/h7-9,11-13H,4-6,10H2,1-3H3. The number of nitrogens with zero attached hydrogens (tertiary/aromatic N) is 1.